The lowest BCUT2D eigenvalue weighted by Crippen LogP contribution is -2.52. The minimum atomic E-state index is -0.124. The molecule has 0 aromatic rings. The van der Waals surface area contributed by atoms with Gasteiger partial charge in [0.05, 0.1) is 87.5 Å². The summed E-state index contributed by atoms with van der Waals surface area (Å²) in [5, 5.41) is 8.62. The minimum Gasteiger partial charge on any atom is -0.352 e. The molecule has 0 aliphatic carbocycles. The van der Waals surface area contributed by atoms with Gasteiger partial charge in [-0.25, -0.2) is 0 Å². The number of rotatable bonds is 22. The summed E-state index contributed by atoms with van der Waals surface area (Å²) in [7, 11) is 13.6. The van der Waals surface area contributed by atoms with Crippen molar-refractivity contribution in [2.24, 2.45) is 5.92 Å². The molecule has 0 saturated heterocycles. The molecule has 0 unspecified atom stereocenters. The molecule has 9 nitrogen and oxygen atoms in total. The van der Waals surface area contributed by atoms with Crippen LogP contribution in [0.2, 0.25) is 0 Å². The maximum absolute atomic E-state index is 11.5. The normalized spacial score (nSPS) is 12.1. The Labute approximate surface area is 232 Å². The smallest absolute Gasteiger partial charge is 0.243 e. The highest BCUT2D eigenvalue weighted by Gasteiger charge is 2.30. The van der Waals surface area contributed by atoms with Crippen LogP contribution in [-0.4, -0.2) is 132 Å². The summed E-state index contributed by atoms with van der Waals surface area (Å²) < 4.78 is 2.69. The van der Waals surface area contributed by atoms with Crippen LogP contribution < -0.4 is 16.0 Å². The second-order valence-corrected chi connectivity index (χ2v) is 12.3. The zero-order chi connectivity index (χ0) is 29.2. The van der Waals surface area contributed by atoms with Gasteiger partial charge in [-0.15, -0.1) is 0 Å². The first-order valence-electron chi connectivity index (χ1n) is 13.8. The van der Waals surface area contributed by atoms with Crippen LogP contribution in [0.5, 0.6) is 0 Å². The molecule has 0 radical (unpaired) electrons. The van der Waals surface area contributed by atoms with Crippen LogP contribution in [-0.2, 0) is 14.4 Å². The summed E-state index contributed by atoms with van der Waals surface area (Å²) in [5.74, 6) is 0.146. The van der Waals surface area contributed by atoms with Crippen molar-refractivity contribution in [3.63, 3.8) is 0 Å². The van der Waals surface area contributed by atoms with Crippen molar-refractivity contribution in [3.8, 4) is 0 Å². The number of nitrogens with one attached hydrogen (secondary N) is 3. The summed E-state index contributed by atoms with van der Waals surface area (Å²) in [5.41, 5.74) is 0. The summed E-state index contributed by atoms with van der Waals surface area (Å²) >= 11 is 0. The van der Waals surface area contributed by atoms with E-state index < -0.39 is 0 Å². The van der Waals surface area contributed by atoms with Gasteiger partial charge in [0.15, 0.2) is 0 Å². The van der Waals surface area contributed by atoms with E-state index in [0.717, 1.165) is 78.4 Å². The van der Waals surface area contributed by atoms with E-state index in [1.54, 1.807) is 0 Å². The summed E-state index contributed by atoms with van der Waals surface area (Å²) in [6.07, 6.45) is 7.80. The van der Waals surface area contributed by atoms with Crippen molar-refractivity contribution >= 4 is 17.7 Å². The van der Waals surface area contributed by atoms with Crippen LogP contribution in [0.25, 0.3) is 0 Å². The number of hydrogen-bond donors (Lipinski definition) is 3. The van der Waals surface area contributed by atoms with Crippen molar-refractivity contribution in [3.05, 3.63) is 38.0 Å². The van der Waals surface area contributed by atoms with Gasteiger partial charge in [-0.05, 0) is 18.2 Å². The molecule has 0 aromatic heterocycles. The lowest BCUT2D eigenvalue weighted by molar-refractivity contribution is -0.918. The Morgan fingerprint density at radius 2 is 0.895 bits per heavy atom. The van der Waals surface area contributed by atoms with E-state index >= 15 is 0 Å². The summed E-state index contributed by atoms with van der Waals surface area (Å²) in [4.78, 5) is 34.3. The molecule has 0 aromatic carbocycles. The third kappa shape index (κ3) is 18.7. The predicted octanol–water partition coefficient (Wildman–Crippen LogP) is 1.30. The second-order valence-electron chi connectivity index (χ2n) is 12.3. The molecule has 218 valence electrons. The van der Waals surface area contributed by atoms with Gasteiger partial charge in [0, 0.05) is 45.3 Å². The van der Waals surface area contributed by atoms with E-state index in [-0.39, 0.29) is 17.7 Å². The molecular weight excluding hydrogens is 480 g/mol. The van der Waals surface area contributed by atoms with Crippen LogP contribution in [0.15, 0.2) is 38.0 Å². The predicted molar refractivity (Wildman–Crippen MR) is 157 cm³/mol. The van der Waals surface area contributed by atoms with E-state index in [2.05, 4.69) is 78.0 Å². The Bertz CT molecular complexity index is 734. The Hall–Kier alpha value is -2.49. The topological polar surface area (TPSA) is 87.3 Å². The molecular formula is C29H57N6O3+3. The van der Waals surface area contributed by atoms with Crippen molar-refractivity contribution < 1.29 is 27.8 Å². The van der Waals surface area contributed by atoms with Crippen LogP contribution in [0, 0.1) is 5.92 Å². The lowest BCUT2D eigenvalue weighted by atomic mass is 10.0. The number of nitrogens with zero attached hydrogens (tertiary/aromatic N) is 3. The van der Waals surface area contributed by atoms with Crippen LogP contribution in [0.4, 0.5) is 0 Å². The SMILES string of the molecule is C=CC(=O)NCCC[N+](C)(C)CCC(C[N+](C)(C)CCCNC(=O)C=C)C[N+](C)(C)CCCNC(=O)C=C. The monoisotopic (exact) mass is 537 g/mol. The molecule has 0 rings (SSSR count). The molecule has 9 heteroatoms. The van der Waals surface area contributed by atoms with Gasteiger partial charge in [-0.1, -0.05) is 19.7 Å². The van der Waals surface area contributed by atoms with Crippen molar-refractivity contribution in [2.45, 2.75) is 25.7 Å². The maximum Gasteiger partial charge on any atom is 0.243 e. The van der Waals surface area contributed by atoms with Gasteiger partial charge in [0.25, 0.3) is 0 Å². The fraction of sp³-hybridized carbons (Fsp3) is 0.690. The van der Waals surface area contributed by atoms with Gasteiger partial charge >= 0.3 is 0 Å². The molecule has 0 atom stereocenters. The minimum absolute atomic E-state index is 0.122. The molecule has 3 N–H and O–H groups in total. The fourth-order valence-electron chi connectivity index (χ4n) is 4.84. The molecule has 0 bridgehead atoms. The fourth-order valence-corrected chi connectivity index (χ4v) is 4.84. The first kappa shape index (κ1) is 35.5. The van der Waals surface area contributed by atoms with Crippen LogP contribution in [0.1, 0.15) is 25.7 Å². The largest absolute Gasteiger partial charge is 0.352 e. The third-order valence-electron chi connectivity index (χ3n) is 6.92. The number of carbonyl (C=O) groups excluding carboxylic acids is 3. The first-order valence-corrected chi connectivity index (χ1v) is 13.8. The number of carbonyl (C=O) groups is 3. The zero-order valence-electron chi connectivity index (χ0n) is 25.2. The highest BCUT2D eigenvalue weighted by molar-refractivity contribution is 5.87. The highest BCUT2D eigenvalue weighted by Crippen LogP contribution is 2.18. The molecule has 0 aliphatic rings. The van der Waals surface area contributed by atoms with Gasteiger partial charge in [-0.2, -0.15) is 0 Å². The van der Waals surface area contributed by atoms with Crippen molar-refractivity contribution in [1.29, 1.82) is 0 Å². The number of amides is 3. The molecule has 0 spiro atoms. The third-order valence-corrected chi connectivity index (χ3v) is 6.92. The van der Waals surface area contributed by atoms with E-state index in [4.69, 9.17) is 0 Å². The average molecular weight is 538 g/mol. The Morgan fingerprint density at radius 1 is 0.579 bits per heavy atom. The quantitative estimate of drug-likeness (QED) is 0.111. The Kier molecular flexibility index (Phi) is 16.7. The molecule has 0 aliphatic heterocycles. The average Bonchev–Trinajstić information content (AvgIpc) is 2.84. The summed E-state index contributed by atoms with van der Waals surface area (Å²) in [6.45, 7) is 18.6. The Balaban J connectivity index is 5.10. The van der Waals surface area contributed by atoms with Crippen LogP contribution in [0.3, 0.4) is 0 Å². The Morgan fingerprint density at radius 3 is 1.21 bits per heavy atom. The number of quaternary nitrogens is 3. The van der Waals surface area contributed by atoms with Gasteiger partial charge in [0.1, 0.15) is 0 Å². The van der Waals surface area contributed by atoms with E-state index in [0.29, 0.717) is 25.6 Å². The molecule has 3 amide bonds. The number of hydrogen-bond acceptors (Lipinski definition) is 3. The zero-order valence-corrected chi connectivity index (χ0v) is 25.2. The van der Waals surface area contributed by atoms with Crippen molar-refractivity contribution in [2.75, 3.05) is 101 Å². The lowest BCUT2D eigenvalue weighted by Gasteiger charge is -2.39. The molecule has 0 saturated carbocycles. The highest BCUT2D eigenvalue weighted by atomic mass is 16.2. The van der Waals surface area contributed by atoms with E-state index in [1.807, 2.05) is 0 Å². The van der Waals surface area contributed by atoms with Gasteiger partial charge in [-0.3, -0.25) is 14.4 Å². The molecule has 0 fully saturated rings. The second kappa shape index (κ2) is 17.9. The van der Waals surface area contributed by atoms with Gasteiger partial charge < -0.3 is 29.4 Å². The van der Waals surface area contributed by atoms with Gasteiger partial charge in [0.2, 0.25) is 17.7 Å². The first-order chi connectivity index (χ1) is 17.6. The van der Waals surface area contributed by atoms with Crippen LogP contribution >= 0.6 is 0 Å². The summed E-state index contributed by atoms with van der Waals surface area (Å²) in [6, 6.07) is 0. The molecule has 38 heavy (non-hydrogen) atoms. The maximum atomic E-state index is 11.5. The van der Waals surface area contributed by atoms with E-state index in [9.17, 15) is 14.4 Å². The standard InChI is InChI=1S/C29H54N6O3/c1-10-27(36)30-17-13-20-33(4,5)23-16-26(24-34(6,7)21-14-18-31-28(37)11-2)25-35(8,9)22-15-19-32-29(38)12-3/h10-12,26H,1-3,13-25H2,4-9H3/p+3. The van der Waals surface area contributed by atoms with Crippen molar-refractivity contribution in [1.82, 2.24) is 16.0 Å². The molecule has 0 heterocycles. The van der Waals surface area contributed by atoms with E-state index in [1.165, 1.54) is 18.2 Å².